The van der Waals surface area contributed by atoms with Crippen LogP contribution in [0.15, 0.2) is 35.6 Å². The van der Waals surface area contributed by atoms with Gasteiger partial charge in [-0.05, 0) is 12.5 Å². The first-order chi connectivity index (χ1) is 6.74. The third-order valence-corrected chi connectivity index (χ3v) is 2.39. The highest BCUT2D eigenvalue weighted by Crippen LogP contribution is 2.22. The van der Waals surface area contributed by atoms with Gasteiger partial charge in [-0.2, -0.15) is 4.98 Å². The molecule has 0 aromatic carbocycles. The average molecular weight is 188 g/mol. The lowest BCUT2D eigenvalue weighted by molar-refractivity contribution is 0.470. The third-order valence-electron chi connectivity index (χ3n) is 2.39. The zero-order valence-corrected chi connectivity index (χ0v) is 8.51. The van der Waals surface area contributed by atoms with Crippen LogP contribution in [-0.4, -0.2) is 18.2 Å². The van der Waals surface area contributed by atoms with Crippen LogP contribution in [0.1, 0.15) is 12.6 Å². The molecule has 1 unspecified atom stereocenters. The Morgan fingerprint density at radius 3 is 2.86 bits per heavy atom. The number of quaternary nitrogens is 1. The summed E-state index contributed by atoms with van der Waals surface area (Å²) >= 11 is 0. The second-order valence-electron chi connectivity index (χ2n) is 3.47. The molecule has 0 fully saturated rings. The Balaban J connectivity index is 2.41. The Labute approximate surface area is 84.0 Å². The molecule has 1 aliphatic heterocycles. The summed E-state index contributed by atoms with van der Waals surface area (Å²) < 4.78 is 0.424. The van der Waals surface area contributed by atoms with Gasteiger partial charge in [0.1, 0.15) is 13.2 Å². The maximum absolute atomic E-state index is 4.55. The first kappa shape index (κ1) is 9.09. The van der Waals surface area contributed by atoms with Crippen LogP contribution in [0, 0.1) is 0 Å². The predicted octanol–water partition coefficient (Wildman–Crippen LogP) is 2.09. The minimum atomic E-state index is 0.424. The van der Waals surface area contributed by atoms with Gasteiger partial charge in [0.05, 0.1) is 6.21 Å². The molecule has 2 heterocycles. The Morgan fingerprint density at radius 1 is 1.36 bits per heavy atom. The summed E-state index contributed by atoms with van der Waals surface area (Å²) in [5, 5.41) is 4.35. The second-order valence-corrected chi connectivity index (χ2v) is 3.47. The molecule has 0 saturated heterocycles. The van der Waals surface area contributed by atoms with Crippen molar-refractivity contribution in [2.45, 2.75) is 13.3 Å². The highest BCUT2D eigenvalue weighted by molar-refractivity contribution is 5.75. The molecule has 3 heteroatoms. The van der Waals surface area contributed by atoms with Crippen LogP contribution in [0.2, 0.25) is 0 Å². The molecule has 1 atom stereocenters. The molecule has 3 nitrogen and oxygen atoms in total. The maximum atomic E-state index is 4.55. The van der Waals surface area contributed by atoms with Gasteiger partial charge in [-0.25, -0.2) is 0 Å². The number of hydrogen-bond acceptors (Lipinski definition) is 2. The highest BCUT2D eigenvalue weighted by Gasteiger charge is 2.25. The fourth-order valence-electron chi connectivity index (χ4n) is 1.47. The van der Waals surface area contributed by atoms with Crippen LogP contribution in [-0.2, 0) is 6.42 Å². The average Bonchev–Trinajstić information content (AvgIpc) is 2.67. The van der Waals surface area contributed by atoms with Crippen molar-refractivity contribution in [3.05, 3.63) is 36.2 Å². The fourth-order valence-corrected chi connectivity index (χ4v) is 1.47. The van der Waals surface area contributed by atoms with E-state index in [1.54, 1.807) is 6.21 Å². The second kappa shape index (κ2) is 3.35. The Bertz CT molecular complexity index is 381. The molecule has 0 saturated carbocycles. The van der Waals surface area contributed by atoms with Crippen molar-refractivity contribution in [3.63, 3.8) is 0 Å². The van der Waals surface area contributed by atoms with Crippen LogP contribution in [0.4, 0.5) is 5.82 Å². The van der Waals surface area contributed by atoms with Crippen LogP contribution < -0.4 is 4.59 Å². The van der Waals surface area contributed by atoms with Gasteiger partial charge in [-0.3, -0.25) is 0 Å². The van der Waals surface area contributed by atoms with Gasteiger partial charge in [0.25, 0.3) is 5.82 Å². The van der Waals surface area contributed by atoms with E-state index in [1.807, 2.05) is 37.5 Å². The number of allylic oxidation sites excluding steroid dienone is 1. The number of aryl methyl sites for hydroxylation is 1. The van der Waals surface area contributed by atoms with Crippen molar-refractivity contribution in [1.29, 1.82) is 0 Å². The molecule has 14 heavy (non-hydrogen) atoms. The van der Waals surface area contributed by atoms with E-state index in [4.69, 9.17) is 0 Å². The summed E-state index contributed by atoms with van der Waals surface area (Å²) in [5.74, 6) is 0.967. The van der Waals surface area contributed by atoms with Crippen molar-refractivity contribution in [3.8, 4) is 0 Å². The molecule has 0 radical (unpaired) electrons. The SMILES string of the molecule is CCc1cccc([N+]2(C)C=CC=N2)n1. The Kier molecular flexibility index (Phi) is 2.17. The van der Waals surface area contributed by atoms with Gasteiger partial charge in [0.2, 0.25) is 0 Å². The van der Waals surface area contributed by atoms with Crippen molar-refractivity contribution in [2.75, 3.05) is 7.05 Å². The number of hydrogen-bond donors (Lipinski definition) is 0. The van der Waals surface area contributed by atoms with Crippen molar-refractivity contribution >= 4 is 12.0 Å². The van der Waals surface area contributed by atoms with E-state index in [9.17, 15) is 0 Å². The molecule has 0 amide bonds. The van der Waals surface area contributed by atoms with Gasteiger partial charge in [-0.1, -0.05) is 18.1 Å². The number of rotatable bonds is 2. The van der Waals surface area contributed by atoms with Gasteiger partial charge in [0, 0.05) is 17.8 Å². The van der Waals surface area contributed by atoms with E-state index in [2.05, 4.69) is 17.0 Å². The van der Waals surface area contributed by atoms with Gasteiger partial charge in [0.15, 0.2) is 0 Å². The quantitative estimate of drug-likeness (QED) is 0.652. The molecular weight excluding hydrogens is 174 g/mol. The Hall–Kier alpha value is -1.48. The number of pyridine rings is 1. The minimum Gasteiger partial charge on any atom is -0.199 e. The van der Waals surface area contributed by atoms with Gasteiger partial charge in [-0.15, -0.1) is 4.59 Å². The number of nitrogens with zero attached hydrogens (tertiary/aromatic N) is 3. The van der Waals surface area contributed by atoms with Gasteiger partial charge >= 0.3 is 0 Å². The fraction of sp³-hybridized carbons (Fsp3) is 0.273. The molecule has 72 valence electrons. The van der Waals surface area contributed by atoms with E-state index >= 15 is 0 Å². The predicted molar refractivity (Wildman–Crippen MR) is 59.0 cm³/mol. The lowest BCUT2D eigenvalue weighted by atomic mass is 10.3. The lowest BCUT2D eigenvalue weighted by Gasteiger charge is -2.18. The molecule has 1 aromatic heterocycles. The molecule has 2 rings (SSSR count). The van der Waals surface area contributed by atoms with E-state index < -0.39 is 0 Å². The summed E-state index contributed by atoms with van der Waals surface area (Å²) in [4.78, 5) is 4.55. The molecule has 1 aliphatic rings. The van der Waals surface area contributed by atoms with Gasteiger partial charge < -0.3 is 0 Å². The topological polar surface area (TPSA) is 25.2 Å². The smallest absolute Gasteiger partial charge is 0.199 e. The number of aromatic nitrogens is 1. The van der Waals surface area contributed by atoms with E-state index in [0.717, 1.165) is 17.9 Å². The van der Waals surface area contributed by atoms with Crippen molar-refractivity contribution < 1.29 is 0 Å². The molecule has 0 aliphatic carbocycles. The summed E-state index contributed by atoms with van der Waals surface area (Å²) in [5.41, 5.74) is 1.11. The summed E-state index contributed by atoms with van der Waals surface area (Å²) in [6.45, 7) is 2.11. The first-order valence-corrected chi connectivity index (χ1v) is 4.81. The normalized spacial score (nSPS) is 24.4. The highest BCUT2D eigenvalue weighted by atomic mass is 15.6. The monoisotopic (exact) mass is 188 g/mol. The molecule has 0 spiro atoms. The van der Waals surface area contributed by atoms with Crippen LogP contribution in [0.5, 0.6) is 0 Å². The van der Waals surface area contributed by atoms with E-state index in [0.29, 0.717) is 4.59 Å². The Morgan fingerprint density at radius 2 is 2.21 bits per heavy atom. The summed E-state index contributed by atoms with van der Waals surface area (Å²) in [6.07, 6.45) is 6.73. The minimum absolute atomic E-state index is 0.424. The molecule has 0 N–H and O–H groups in total. The standard InChI is InChI=1S/C11H14N3/c1-3-10-6-4-7-11(13-10)14(2)9-5-8-12-14/h4-9H,3H2,1-2H3/q+1. The van der Waals surface area contributed by atoms with E-state index in [1.165, 1.54) is 0 Å². The molecule has 1 aromatic rings. The third kappa shape index (κ3) is 1.46. The lowest BCUT2D eigenvalue weighted by Crippen LogP contribution is -2.31. The van der Waals surface area contributed by atoms with Crippen LogP contribution in [0.25, 0.3) is 0 Å². The maximum Gasteiger partial charge on any atom is 0.259 e. The largest absolute Gasteiger partial charge is 0.259 e. The molecular formula is C11H14N3+. The molecule has 0 bridgehead atoms. The zero-order chi connectivity index (χ0) is 10.0. The summed E-state index contributed by atoms with van der Waals surface area (Å²) in [7, 11) is 2.02. The van der Waals surface area contributed by atoms with Crippen molar-refractivity contribution in [1.82, 2.24) is 9.58 Å². The zero-order valence-electron chi connectivity index (χ0n) is 8.51. The summed E-state index contributed by atoms with van der Waals surface area (Å²) in [6, 6.07) is 6.08. The van der Waals surface area contributed by atoms with Crippen LogP contribution >= 0.6 is 0 Å². The first-order valence-electron chi connectivity index (χ1n) is 4.81. The van der Waals surface area contributed by atoms with Crippen molar-refractivity contribution in [2.24, 2.45) is 5.10 Å². The van der Waals surface area contributed by atoms with E-state index in [-0.39, 0.29) is 0 Å². The van der Waals surface area contributed by atoms with Crippen LogP contribution in [0.3, 0.4) is 0 Å².